The molecule has 0 bridgehead atoms. The van der Waals surface area contributed by atoms with Gasteiger partial charge in [-0.3, -0.25) is 0 Å². The summed E-state index contributed by atoms with van der Waals surface area (Å²) >= 11 is 0. The first-order valence-electron chi connectivity index (χ1n) is 5.29. The highest BCUT2D eigenvalue weighted by Gasteiger charge is 2.26. The number of halogens is 3. The molecule has 2 atom stereocenters. The molecule has 0 rings (SSSR count). The average Bonchev–Trinajstić information content (AvgIpc) is 2.00. The first kappa shape index (κ1) is 14.7. The van der Waals surface area contributed by atoms with Crippen LogP contribution in [0.2, 0.25) is 0 Å². The van der Waals surface area contributed by atoms with Gasteiger partial charge in [0.2, 0.25) is 0 Å². The second-order valence-electron chi connectivity index (χ2n) is 4.00. The van der Waals surface area contributed by atoms with E-state index in [9.17, 15) is 13.2 Å². The number of hydrogen-bond donors (Lipinski definition) is 2. The third kappa shape index (κ3) is 11.6. The predicted molar refractivity (Wildman–Crippen MR) is 53.7 cm³/mol. The molecule has 92 valence electrons. The zero-order valence-corrected chi connectivity index (χ0v) is 9.27. The van der Waals surface area contributed by atoms with Gasteiger partial charge in [0, 0.05) is 12.5 Å². The van der Waals surface area contributed by atoms with E-state index in [1.807, 2.05) is 6.92 Å². The zero-order valence-electron chi connectivity index (χ0n) is 9.27. The first-order chi connectivity index (χ1) is 6.81. The Labute approximate surface area is 88.9 Å². The quantitative estimate of drug-likeness (QED) is 0.700. The summed E-state index contributed by atoms with van der Waals surface area (Å²) in [5.41, 5.74) is 0. The molecule has 0 amide bonds. The lowest BCUT2D eigenvalue weighted by atomic mass is 10.1. The van der Waals surface area contributed by atoms with Crippen LogP contribution in [0, 0.1) is 0 Å². The Bertz CT molecular complexity index is 159. The molecule has 0 spiro atoms. The van der Waals surface area contributed by atoms with E-state index in [1.165, 1.54) is 0 Å². The molecule has 0 heterocycles. The molecule has 0 aromatic heterocycles. The topological polar surface area (TPSA) is 32.3 Å². The van der Waals surface area contributed by atoms with E-state index in [2.05, 4.69) is 5.32 Å². The fourth-order valence-corrected chi connectivity index (χ4v) is 1.25. The van der Waals surface area contributed by atoms with E-state index >= 15 is 0 Å². The van der Waals surface area contributed by atoms with Gasteiger partial charge in [-0.05, 0) is 39.7 Å². The third-order valence-corrected chi connectivity index (χ3v) is 2.15. The van der Waals surface area contributed by atoms with E-state index < -0.39 is 12.6 Å². The minimum Gasteiger partial charge on any atom is -0.393 e. The van der Waals surface area contributed by atoms with E-state index in [1.54, 1.807) is 6.92 Å². The van der Waals surface area contributed by atoms with Crippen LogP contribution < -0.4 is 5.32 Å². The lowest BCUT2D eigenvalue weighted by Crippen LogP contribution is -2.29. The molecule has 0 saturated carbocycles. The molecular formula is C10H20F3NO. The van der Waals surface area contributed by atoms with Crippen molar-refractivity contribution in [3.63, 3.8) is 0 Å². The van der Waals surface area contributed by atoms with Gasteiger partial charge in [0.15, 0.2) is 0 Å². The highest BCUT2D eigenvalue weighted by Crippen LogP contribution is 2.22. The first-order valence-corrected chi connectivity index (χ1v) is 5.29. The SMILES string of the molecule is CC(O)CCNC(C)CCCC(F)(F)F. The van der Waals surface area contributed by atoms with Crippen molar-refractivity contribution in [2.24, 2.45) is 0 Å². The standard InChI is InChI=1S/C10H20F3NO/c1-8(14-7-5-9(2)15)4-3-6-10(11,12)13/h8-9,14-15H,3-7H2,1-2H3. The van der Waals surface area contributed by atoms with Gasteiger partial charge < -0.3 is 10.4 Å². The lowest BCUT2D eigenvalue weighted by Gasteiger charge is -2.14. The van der Waals surface area contributed by atoms with E-state index in [0.717, 1.165) is 0 Å². The smallest absolute Gasteiger partial charge is 0.389 e. The van der Waals surface area contributed by atoms with Crippen LogP contribution in [0.25, 0.3) is 0 Å². The Kier molecular flexibility index (Phi) is 6.92. The Morgan fingerprint density at radius 1 is 1.20 bits per heavy atom. The summed E-state index contributed by atoms with van der Waals surface area (Å²) in [7, 11) is 0. The summed E-state index contributed by atoms with van der Waals surface area (Å²) in [5, 5.41) is 12.0. The van der Waals surface area contributed by atoms with Crippen molar-refractivity contribution in [1.29, 1.82) is 0 Å². The molecule has 0 fully saturated rings. The fourth-order valence-electron chi connectivity index (χ4n) is 1.25. The summed E-state index contributed by atoms with van der Waals surface area (Å²) in [5.74, 6) is 0. The number of aliphatic hydroxyl groups excluding tert-OH is 1. The summed E-state index contributed by atoms with van der Waals surface area (Å²) < 4.78 is 35.4. The van der Waals surface area contributed by atoms with E-state index in [4.69, 9.17) is 5.11 Å². The second kappa shape index (κ2) is 7.06. The maximum absolute atomic E-state index is 11.8. The van der Waals surface area contributed by atoms with Crippen molar-refractivity contribution >= 4 is 0 Å². The molecule has 0 aliphatic rings. The van der Waals surface area contributed by atoms with Crippen LogP contribution in [0.15, 0.2) is 0 Å². The van der Waals surface area contributed by atoms with Crippen molar-refractivity contribution < 1.29 is 18.3 Å². The zero-order chi connectivity index (χ0) is 11.9. The number of rotatable bonds is 7. The Morgan fingerprint density at radius 2 is 1.80 bits per heavy atom. The summed E-state index contributed by atoms with van der Waals surface area (Å²) in [6.07, 6.45) is -3.82. The van der Waals surface area contributed by atoms with Crippen molar-refractivity contribution in [1.82, 2.24) is 5.32 Å². The summed E-state index contributed by atoms with van der Waals surface area (Å²) in [6.45, 7) is 4.19. The maximum atomic E-state index is 11.8. The van der Waals surface area contributed by atoms with E-state index in [-0.39, 0.29) is 18.6 Å². The minimum absolute atomic E-state index is 0.0751. The number of alkyl halides is 3. The second-order valence-corrected chi connectivity index (χ2v) is 4.00. The molecule has 0 aromatic carbocycles. The van der Waals surface area contributed by atoms with Gasteiger partial charge in [0.1, 0.15) is 0 Å². The fraction of sp³-hybridized carbons (Fsp3) is 1.00. The molecule has 0 radical (unpaired) electrons. The third-order valence-electron chi connectivity index (χ3n) is 2.15. The van der Waals surface area contributed by atoms with Crippen molar-refractivity contribution in [3.05, 3.63) is 0 Å². The number of nitrogens with one attached hydrogen (secondary N) is 1. The Morgan fingerprint density at radius 3 is 2.27 bits per heavy atom. The molecule has 0 aliphatic heterocycles. The highest BCUT2D eigenvalue weighted by atomic mass is 19.4. The van der Waals surface area contributed by atoms with Crippen LogP contribution in [0.4, 0.5) is 13.2 Å². The van der Waals surface area contributed by atoms with Crippen molar-refractivity contribution in [2.45, 2.75) is 57.9 Å². The van der Waals surface area contributed by atoms with Gasteiger partial charge in [0.05, 0.1) is 6.10 Å². The largest absolute Gasteiger partial charge is 0.393 e. The molecule has 0 aliphatic carbocycles. The van der Waals surface area contributed by atoms with Gasteiger partial charge in [-0.15, -0.1) is 0 Å². The number of aliphatic hydroxyl groups is 1. The van der Waals surface area contributed by atoms with Gasteiger partial charge in [-0.1, -0.05) is 0 Å². The predicted octanol–water partition coefficient (Wildman–Crippen LogP) is 2.47. The van der Waals surface area contributed by atoms with Crippen LogP contribution in [-0.4, -0.2) is 30.0 Å². The van der Waals surface area contributed by atoms with E-state index in [0.29, 0.717) is 19.4 Å². The Balaban J connectivity index is 3.37. The molecule has 2 unspecified atom stereocenters. The van der Waals surface area contributed by atoms with Gasteiger partial charge in [0.25, 0.3) is 0 Å². The van der Waals surface area contributed by atoms with Crippen LogP contribution in [0.5, 0.6) is 0 Å². The van der Waals surface area contributed by atoms with Crippen molar-refractivity contribution in [2.75, 3.05) is 6.54 Å². The van der Waals surface area contributed by atoms with Crippen LogP contribution in [-0.2, 0) is 0 Å². The molecule has 0 saturated heterocycles. The summed E-state index contributed by atoms with van der Waals surface area (Å²) in [4.78, 5) is 0. The van der Waals surface area contributed by atoms with Gasteiger partial charge in [-0.25, -0.2) is 0 Å². The van der Waals surface area contributed by atoms with Crippen LogP contribution in [0.3, 0.4) is 0 Å². The molecule has 0 aromatic rings. The van der Waals surface area contributed by atoms with Crippen molar-refractivity contribution in [3.8, 4) is 0 Å². The molecule has 15 heavy (non-hydrogen) atoms. The monoisotopic (exact) mass is 227 g/mol. The molecule has 2 N–H and O–H groups in total. The maximum Gasteiger partial charge on any atom is 0.389 e. The highest BCUT2D eigenvalue weighted by molar-refractivity contribution is 4.63. The van der Waals surface area contributed by atoms with Gasteiger partial charge in [-0.2, -0.15) is 13.2 Å². The number of hydrogen-bond acceptors (Lipinski definition) is 2. The lowest BCUT2D eigenvalue weighted by molar-refractivity contribution is -0.135. The minimum atomic E-state index is -4.04. The van der Waals surface area contributed by atoms with Gasteiger partial charge >= 0.3 is 6.18 Å². The Hall–Kier alpha value is -0.290. The summed E-state index contributed by atoms with van der Waals surface area (Å²) in [6, 6.07) is 0.0751. The average molecular weight is 227 g/mol. The van der Waals surface area contributed by atoms with Crippen LogP contribution >= 0.6 is 0 Å². The van der Waals surface area contributed by atoms with Crippen LogP contribution in [0.1, 0.15) is 39.5 Å². The molecule has 5 heteroatoms. The molecule has 2 nitrogen and oxygen atoms in total. The normalized spacial score (nSPS) is 16.4. The molecular weight excluding hydrogens is 207 g/mol.